The lowest BCUT2D eigenvalue weighted by Gasteiger charge is -2.17. The van der Waals surface area contributed by atoms with Crippen LogP contribution in [0.1, 0.15) is 32.3 Å². The molecule has 1 unspecified atom stereocenters. The molecule has 2 N–H and O–H groups in total. The Bertz CT molecular complexity index is 807. The summed E-state index contributed by atoms with van der Waals surface area (Å²) >= 11 is 0. The molecule has 0 heterocycles. The van der Waals surface area contributed by atoms with E-state index in [4.69, 9.17) is 14.2 Å². The van der Waals surface area contributed by atoms with Crippen LogP contribution in [-0.2, 0) is 9.59 Å². The average Bonchev–Trinajstić information content (AvgIpc) is 2.70. The summed E-state index contributed by atoms with van der Waals surface area (Å²) < 4.78 is 16.3. The largest absolute Gasteiger partial charge is 0.493 e. The van der Waals surface area contributed by atoms with Crippen molar-refractivity contribution in [2.45, 2.75) is 32.8 Å². The topological polar surface area (TPSA) is 85.9 Å². The third-order valence-corrected chi connectivity index (χ3v) is 3.97. The maximum atomic E-state index is 12.1. The number of hydrogen-bond acceptors (Lipinski definition) is 5. The normalized spacial score (nSPS) is 11.5. The Hall–Kier alpha value is -3.22. The van der Waals surface area contributed by atoms with Crippen LogP contribution in [0.2, 0.25) is 0 Å². The molecule has 0 aromatic heterocycles. The smallest absolute Gasteiger partial charge is 0.279 e. The maximum absolute atomic E-state index is 12.1. The van der Waals surface area contributed by atoms with Crippen LogP contribution < -0.4 is 25.1 Å². The molecule has 0 saturated carbocycles. The Morgan fingerprint density at radius 2 is 1.50 bits per heavy atom. The first-order valence-corrected chi connectivity index (χ1v) is 9.02. The lowest BCUT2D eigenvalue weighted by atomic mass is 10.0. The lowest BCUT2D eigenvalue weighted by molar-refractivity contribution is -0.133. The SMILES string of the molecule is COc1ccccc1OC(C)C(=O)NNC(=O)COc1ccccc1C(C)C. The monoisotopic (exact) mass is 386 g/mol. The average molecular weight is 386 g/mol. The number of methoxy groups -OCH3 is 1. The van der Waals surface area contributed by atoms with Gasteiger partial charge in [0, 0.05) is 0 Å². The molecule has 0 spiro atoms. The van der Waals surface area contributed by atoms with Crippen molar-refractivity contribution in [3.63, 3.8) is 0 Å². The van der Waals surface area contributed by atoms with Crippen LogP contribution in [0.5, 0.6) is 17.2 Å². The number of ether oxygens (including phenoxy) is 3. The molecule has 0 bridgehead atoms. The number of para-hydroxylation sites is 3. The highest BCUT2D eigenvalue weighted by atomic mass is 16.5. The summed E-state index contributed by atoms with van der Waals surface area (Å²) in [6, 6.07) is 14.5. The molecule has 7 heteroatoms. The van der Waals surface area contributed by atoms with Crippen molar-refractivity contribution in [2.75, 3.05) is 13.7 Å². The molecule has 2 amide bonds. The molecule has 2 aromatic rings. The van der Waals surface area contributed by atoms with Crippen LogP contribution in [0.4, 0.5) is 0 Å². The molecule has 0 saturated heterocycles. The molecular formula is C21H26N2O5. The summed E-state index contributed by atoms with van der Waals surface area (Å²) in [4.78, 5) is 24.1. The lowest BCUT2D eigenvalue weighted by Crippen LogP contribution is -2.48. The van der Waals surface area contributed by atoms with Crippen LogP contribution in [0.3, 0.4) is 0 Å². The summed E-state index contributed by atoms with van der Waals surface area (Å²) in [5, 5.41) is 0. The van der Waals surface area contributed by atoms with Gasteiger partial charge in [-0.15, -0.1) is 0 Å². The summed E-state index contributed by atoms with van der Waals surface area (Å²) in [7, 11) is 1.52. The van der Waals surface area contributed by atoms with Gasteiger partial charge >= 0.3 is 0 Å². The van der Waals surface area contributed by atoms with Gasteiger partial charge in [-0.05, 0) is 36.6 Å². The fraction of sp³-hybridized carbons (Fsp3) is 0.333. The number of carbonyl (C=O) groups excluding carboxylic acids is 2. The minimum absolute atomic E-state index is 0.217. The van der Waals surface area contributed by atoms with Crippen molar-refractivity contribution >= 4 is 11.8 Å². The van der Waals surface area contributed by atoms with E-state index in [1.165, 1.54) is 7.11 Å². The molecule has 0 aliphatic rings. The van der Waals surface area contributed by atoms with E-state index in [1.54, 1.807) is 31.2 Å². The van der Waals surface area contributed by atoms with Crippen molar-refractivity contribution in [2.24, 2.45) is 0 Å². The quantitative estimate of drug-likeness (QED) is 0.682. The van der Waals surface area contributed by atoms with E-state index in [9.17, 15) is 9.59 Å². The number of carbonyl (C=O) groups is 2. The number of nitrogens with one attached hydrogen (secondary N) is 2. The molecular weight excluding hydrogens is 360 g/mol. The first-order valence-electron chi connectivity index (χ1n) is 9.02. The number of amides is 2. The van der Waals surface area contributed by atoms with Gasteiger partial charge in [-0.3, -0.25) is 20.4 Å². The molecule has 2 aromatic carbocycles. The second-order valence-corrected chi connectivity index (χ2v) is 6.43. The first kappa shape index (κ1) is 21.1. The van der Waals surface area contributed by atoms with E-state index in [1.807, 2.05) is 38.1 Å². The van der Waals surface area contributed by atoms with Crippen LogP contribution >= 0.6 is 0 Å². The third-order valence-electron chi connectivity index (χ3n) is 3.97. The van der Waals surface area contributed by atoms with Gasteiger partial charge in [0.2, 0.25) is 0 Å². The summed E-state index contributed by atoms with van der Waals surface area (Å²) in [5.41, 5.74) is 5.66. The number of hydrazine groups is 1. The van der Waals surface area contributed by atoms with Gasteiger partial charge in [0.15, 0.2) is 24.2 Å². The van der Waals surface area contributed by atoms with Gasteiger partial charge in [-0.25, -0.2) is 0 Å². The zero-order valence-electron chi connectivity index (χ0n) is 16.5. The molecule has 0 aliphatic carbocycles. The van der Waals surface area contributed by atoms with Crippen molar-refractivity contribution < 1.29 is 23.8 Å². The van der Waals surface area contributed by atoms with Crippen molar-refractivity contribution in [3.8, 4) is 17.2 Å². The highest BCUT2D eigenvalue weighted by Gasteiger charge is 2.17. The predicted molar refractivity (Wildman–Crippen MR) is 105 cm³/mol. The Labute approximate surface area is 165 Å². The van der Waals surface area contributed by atoms with Crippen LogP contribution in [0.25, 0.3) is 0 Å². The second kappa shape index (κ2) is 10.2. The van der Waals surface area contributed by atoms with Crippen LogP contribution in [-0.4, -0.2) is 31.6 Å². The van der Waals surface area contributed by atoms with Gasteiger partial charge in [-0.2, -0.15) is 0 Å². The molecule has 0 radical (unpaired) electrons. The minimum atomic E-state index is -0.834. The summed E-state index contributed by atoms with van der Waals surface area (Å²) in [5.74, 6) is 0.896. The van der Waals surface area contributed by atoms with E-state index in [0.29, 0.717) is 17.2 Å². The van der Waals surface area contributed by atoms with E-state index < -0.39 is 17.9 Å². The van der Waals surface area contributed by atoms with Gasteiger partial charge in [0.05, 0.1) is 7.11 Å². The molecule has 7 nitrogen and oxygen atoms in total. The number of benzene rings is 2. The van der Waals surface area contributed by atoms with E-state index in [2.05, 4.69) is 10.9 Å². The standard InChI is InChI=1S/C21H26N2O5/c1-14(2)16-9-5-6-10-17(16)27-13-20(24)22-23-21(25)15(3)28-19-12-8-7-11-18(19)26-4/h5-12,14-15H,13H2,1-4H3,(H,22,24)(H,23,25). The fourth-order valence-corrected chi connectivity index (χ4v) is 2.46. The summed E-state index contributed by atoms with van der Waals surface area (Å²) in [6.45, 7) is 5.45. The zero-order valence-corrected chi connectivity index (χ0v) is 16.5. The van der Waals surface area contributed by atoms with E-state index in [-0.39, 0.29) is 12.5 Å². The molecule has 28 heavy (non-hydrogen) atoms. The van der Waals surface area contributed by atoms with E-state index >= 15 is 0 Å². The highest BCUT2D eigenvalue weighted by Crippen LogP contribution is 2.27. The molecule has 150 valence electrons. The predicted octanol–water partition coefficient (Wildman–Crippen LogP) is 2.81. The first-order chi connectivity index (χ1) is 13.4. The van der Waals surface area contributed by atoms with Gasteiger partial charge in [0.1, 0.15) is 5.75 Å². The van der Waals surface area contributed by atoms with Gasteiger partial charge in [0.25, 0.3) is 11.8 Å². The van der Waals surface area contributed by atoms with Crippen molar-refractivity contribution in [3.05, 3.63) is 54.1 Å². The van der Waals surface area contributed by atoms with E-state index in [0.717, 1.165) is 5.56 Å². The van der Waals surface area contributed by atoms with Crippen molar-refractivity contribution in [1.82, 2.24) is 10.9 Å². The highest BCUT2D eigenvalue weighted by molar-refractivity contribution is 5.85. The Morgan fingerprint density at radius 1 is 0.893 bits per heavy atom. The number of hydrogen-bond donors (Lipinski definition) is 2. The number of rotatable bonds is 8. The van der Waals surface area contributed by atoms with Crippen LogP contribution in [0, 0.1) is 0 Å². The molecule has 0 aliphatic heterocycles. The Kier molecular flexibility index (Phi) is 7.68. The molecule has 1 atom stereocenters. The Balaban J connectivity index is 1.81. The molecule has 0 fully saturated rings. The molecule has 2 rings (SSSR count). The minimum Gasteiger partial charge on any atom is -0.493 e. The Morgan fingerprint density at radius 3 is 2.14 bits per heavy atom. The fourth-order valence-electron chi connectivity index (χ4n) is 2.46. The van der Waals surface area contributed by atoms with Gasteiger partial charge in [-0.1, -0.05) is 44.2 Å². The maximum Gasteiger partial charge on any atom is 0.279 e. The van der Waals surface area contributed by atoms with Gasteiger partial charge < -0.3 is 14.2 Å². The second-order valence-electron chi connectivity index (χ2n) is 6.43. The van der Waals surface area contributed by atoms with Crippen LogP contribution in [0.15, 0.2) is 48.5 Å². The summed E-state index contributed by atoms with van der Waals surface area (Å²) in [6.07, 6.45) is -0.834. The zero-order chi connectivity index (χ0) is 20.5. The van der Waals surface area contributed by atoms with Crippen molar-refractivity contribution in [1.29, 1.82) is 0 Å². The third kappa shape index (κ3) is 5.90.